The number of carbonyl (C=O) groups excluding carboxylic acids is 1. The van der Waals surface area contributed by atoms with E-state index in [2.05, 4.69) is 31.7 Å². The molecule has 2 aromatic heterocycles. The number of ether oxygens (including phenoxy) is 1. The maximum Gasteiger partial charge on any atom is 0.287 e. The maximum atomic E-state index is 12.4. The van der Waals surface area contributed by atoms with Crippen molar-refractivity contribution in [1.29, 1.82) is 0 Å². The standard InChI is InChI=1S/C19H22N6O3/c1-11-5-6-12(2)13(8-11)10-25-17-15(23-24-25)18(26)22-16(21-17)19(27)20-9-14-4-3-7-28-14/h5-6,8,14H,3-4,7,9-10H2,1-2H3,(H,20,27)(H,21,22,26)/t14-/m1/s1. The number of rotatable bonds is 5. The number of H-pyrrole nitrogens is 1. The Labute approximate surface area is 161 Å². The molecule has 0 unspecified atom stereocenters. The minimum Gasteiger partial charge on any atom is -0.376 e. The van der Waals surface area contributed by atoms with E-state index in [-0.39, 0.29) is 23.1 Å². The van der Waals surface area contributed by atoms with Gasteiger partial charge in [0.2, 0.25) is 5.82 Å². The number of benzene rings is 1. The molecule has 0 bridgehead atoms. The molecule has 0 aliphatic carbocycles. The Morgan fingerprint density at radius 3 is 3.04 bits per heavy atom. The van der Waals surface area contributed by atoms with Crippen molar-refractivity contribution >= 4 is 17.1 Å². The van der Waals surface area contributed by atoms with Crippen LogP contribution >= 0.6 is 0 Å². The van der Waals surface area contributed by atoms with Crippen molar-refractivity contribution in [2.75, 3.05) is 13.2 Å². The fourth-order valence-electron chi connectivity index (χ4n) is 3.31. The lowest BCUT2D eigenvalue weighted by atomic mass is 10.1. The van der Waals surface area contributed by atoms with Gasteiger partial charge in [0, 0.05) is 13.2 Å². The molecule has 1 aliphatic heterocycles. The molecule has 146 valence electrons. The Morgan fingerprint density at radius 1 is 1.39 bits per heavy atom. The molecule has 9 heteroatoms. The average Bonchev–Trinajstić information content (AvgIpc) is 3.33. The Hall–Kier alpha value is -3.07. The fraction of sp³-hybridized carbons (Fsp3) is 0.421. The van der Waals surface area contributed by atoms with Crippen molar-refractivity contribution in [2.24, 2.45) is 0 Å². The summed E-state index contributed by atoms with van der Waals surface area (Å²) in [6, 6.07) is 6.14. The Kier molecular flexibility index (Phi) is 4.91. The van der Waals surface area contributed by atoms with E-state index in [1.54, 1.807) is 4.68 Å². The lowest BCUT2D eigenvalue weighted by Gasteiger charge is -2.10. The second-order valence-electron chi connectivity index (χ2n) is 7.11. The highest BCUT2D eigenvalue weighted by molar-refractivity contribution is 5.91. The summed E-state index contributed by atoms with van der Waals surface area (Å²) in [5.41, 5.74) is 3.20. The van der Waals surface area contributed by atoms with Crippen molar-refractivity contribution in [3.05, 3.63) is 51.1 Å². The molecule has 2 N–H and O–H groups in total. The summed E-state index contributed by atoms with van der Waals surface area (Å²) in [5, 5.41) is 10.8. The van der Waals surface area contributed by atoms with Crippen molar-refractivity contribution < 1.29 is 9.53 Å². The van der Waals surface area contributed by atoms with Gasteiger partial charge in [-0.2, -0.15) is 0 Å². The van der Waals surface area contributed by atoms with Gasteiger partial charge in [-0.15, -0.1) is 5.10 Å². The predicted molar refractivity (Wildman–Crippen MR) is 102 cm³/mol. The molecule has 3 aromatic rings. The smallest absolute Gasteiger partial charge is 0.287 e. The molecule has 1 atom stereocenters. The van der Waals surface area contributed by atoms with Gasteiger partial charge in [0.25, 0.3) is 11.5 Å². The Bertz CT molecular complexity index is 1080. The molecule has 1 fully saturated rings. The molecule has 3 heterocycles. The molecule has 1 aliphatic rings. The van der Waals surface area contributed by atoms with E-state index in [0.29, 0.717) is 19.7 Å². The lowest BCUT2D eigenvalue weighted by Crippen LogP contribution is -2.34. The number of nitrogens with zero attached hydrogens (tertiary/aromatic N) is 4. The lowest BCUT2D eigenvalue weighted by molar-refractivity contribution is 0.0849. The largest absolute Gasteiger partial charge is 0.376 e. The number of aromatic nitrogens is 5. The zero-order valence-corrected chi connectivity index (χ0v) is 15.9. The SMILES string of the molecule is Cc1ccc(C)c(Cn2nnc3c(=O)[nH]c(C(=O)NC[C@H]4CCCO4)nc32)c1. The zero-order chi connectivity index (χ0) is 19.7. The van der Waals surface area contributed by atoms with Crippen LogP contribution in [0.3, 0.4) is 0 Å². The van der Waals surface area contributed by atoms with Crippen molar-refractivity contribution in [1.82, 2.24) is 30.3 Å². The average molecular weight is 382 g/mol. The van der Waals surface area contributed by atoms with Crippen LogP contribution in [-0.4, -0.2) is 50.1 Å². The highest BCUT2D eigenvalue weighted by atomic mass is 16.5. The van der Waals surface area contributed by atoms with Crippen LogP contribution in [0.2, 0.25) is 0 Å². The molecular weight excluding hydrogens is 360 g/mol. The third-order valence-electron chi connectivity index (χ3n) is 4.93. The number of carbonyl (C=O) groups is 1. The number of fused-ring (bicyclic) bond motifs is 1. The van der Waals surface area contributed by atoms with E-state index in [1.165, 1.54) is 0 Å². The van der Waals surface area contributed by atoms with Gasteiger partial charge in [-0.1, -0.05) is 29.0 Å². The van der Waals surface area contributed by atoms with Crippen LogP contribution in [0.4, 0.5) is 0 Å². The molecule has 0 radical (unpaired) electrons. The summed E-state index contributed by atoms with van der Waals surface area (Å²) < 4.78 is 7.04. The molecule has 28 heavy (non-hydrogen) atoms. The molecule has 4 rings (SSSR count). The molecule has 0 saturated carbocycles. The Balaban J connectivity index is 1.61. The van der Waals surface area contributed by atoms with Gasteiger partial charge in [0.1, 0.15) is 0 Å². The third kappa shape index (κ3) is 3.65. The van der Waals surface area contributed by atoms with Crippen LogP contribution in [0, 0.1) is 13.8 Å². The second-order valence-corrected chi connectivity index (χ2v) is 7.11. The number of amides is 1. The van der Waals surface area contributed by atoms with Gasteiger partial charge in [-0.25, -0.2) is 9.67 Å². The first-order chi connectivity index (χ1) is 13.5. The minimum absolute atomic E-state index is 0.0101. The van der Waals surface area contributed by atoms with E-state index < -0.39 is 11.5 Å². The summed E-state index contributed by atoms with van der Waals surface area (Å²) >= 11 is 0. The highest BCUT2D eigenvalue weighted by Gasteiger charge is 2.20. The number of aryl methyl sites for hydroxylation is 2. The zero-order valence-electron chi connectivity index (χ0n) is 15.9. The van der Waals surface area contributed by atoms with Gasteiger partial charge < -0.3 is 15.0 Å². The molecule has 1 saturated heterocycles. The first kappa shape index (κ1) is 18.3. The minimum atomic E-state index is -0.487. The highest BCUT2D eigenvalue weighted by Crippen LogP contribution is 2.14. The number of nitrogens with one attached hydrogen (secondary N) is 2. The van der Waals surface area contributed by atoms with Gasteiger partial charge in [0.15, 0.2) is 11.2 Å². The summed E-state index contributed by atoms with van der Waals surface area (Å²) in [7, 11) is 0. The summed E-state index contributed by atoms with van der Waals surface area (Å²) in [6.07, 6.45) is 1.91. The van der Waals surface area contributed by atoms with E-state index in [4.69, 9.17) is 4.74 Å². The van der Waals surface area contributed by atoms with Crippen molar-refractivity contribution in [3.8, 4) is 0 Å². The summed E-state index contributed by atoms with van der Waals surface area (Å²) in [5.74, 6) is -0.506. The number of aromatic amines is 1. The van der Waals surface area contributed by atoms with Gasteiger partial charge in [-0.05, 0) is 37.8 Å². The molecule has 0 spiro atoms. The third-order valence-corrected chi connectivity index (χ3v) is 4.93. The quantitative estimate of drug-likeness (QED) is 0.683. The van der Waals surface area contributed by atoms with Crippen molar-refractivity contribution in [3.63, 3.8) is 0 Å². The first-order valence-electron chi connectivity index (χ1n) is 9.30. The van der Waals surface area contributed by atoms with E-state index in [1.807, 2.05) is 26.0 Å². The number of hydrogen-bond donors (Lipinski definition) is 2. The van der Waals surface area contributed by atoms with E-state index in [9.17, 15) is 9.59 Å². The van der Waals surface area contributed by atoms with Crippen LogP contribution in [0.15, 0.2) is 23.0 Å². The van der Waals surface area contributed by atoms with Crippen molar-refractivity contribution in [2.45, 2.75) is 39.3 Å². The molecular formula is C19H22N6O3. The summed E-state index contributed by atoms with van der Waals surface area (Å²) in [4.78, 5) is 31.6. The van der Waals surface area contributed by atoms with Crippen LogP contribution in [0.1, 0.15) is 40.2 Å². The second kappa shape index (κ2) is 7.51. The Morgan fingerprint density at radius 2 is 2.25 bits per heavy atom. The predicted octanol–water partition coefficient (Wildman–Crippen LogP) is 1.09. The monoisotopic (exact) mass is 382 g/mol. The first-order valence-corrected chi connectivity index (χ1v) is 9.30. The number of hydrogen-bond acceptors (Lipinski definition) is 6. The molecule has 1 aromatic carbocycles. The van der Waals surface area contributed by atoms with Crippen LogP contribution in [-0.2, 0) is 11.3 Å². The molecule has 9 nitrogen and oxygen atoms in total. The van der Waals surface area contributed by atoms with Crippen LogP contribution in [0.5, 0.6) is 0 Å². The van der Waals surface area contributed by atoms with E-state index >= 15 is 0 Å². The van der Waals surface area contributed by atoms with E-state index in [0.717, 1.165) is 29.5 Å². The maximum absolute atomic E-state index is 12.4. The van der Waals surface area contributed by atoms with Crippen LogP contribution in [0.25, 0.3) is 11.2 Å². The van der Waals surface area contributed by atoms with Gasteiger partial charge in [0.05, 0.1) is 12.6 Å². The van der Waals surface area contributed by atoms with Gasteiger partial charge in [-0.3, -0.25) is 9.59 Å². The fourth-order valence-corrected chi connectivity index (χ4v) is 3.31. The van der Waals surface area contributed by atoms with Crippen LogP contribution < -0.4 is 10.9 Å². The van der Waals surface area contributed by atoms with Gasteiger partial charge >= 0.3 is 0 Å². The normalized spacial score (nSPS) is 16.6. The molecule has 1 amide bonds. The summed E-state index contributed by atoms with van der Waals surface area (Å²) in [6.45, 7) is 5.54. The topological polar surface area (TPSA) is 115 Å².